The number of aromatic hydroxyl groups is 1. The zero-order valence-corrected chi connectivity index (χ0v) is 23.6. The van der Waals surface area contributed by atoms with E-state index in [2.05, 4.69) is 29.1 Å². The molecule has 10 heteroatoms. The number of aliphatic hydroxyl groups is 1. The molecule has 4 N–H and O–H groups in total. The Kier molecular flexibility index (Phi) is 9.74. The number of aliphatic hydroxyl groups excluding tert-OH is 1. The van der Waals surface area contributed by atoms with E-state index in [0.717, 1.165) is 63.4 Å². The number of ether oxygens (including phenoxy) is 1. The number of amides is 1. The molecule has 0 spiro atoms. The summed E-state index contributed by atoms with van der Waals surface area (Å²) < 4.78 is 30.7. The molecule has 0 aromatic heterocycles. The van der Waals surface area contributed by atoms with Crippen molar-refractivity contribution in [3.8, 4) is 11.5 Å². The van der Waals surface area contributed by atoms with Crippen molar-refractivity contribution in [2.75, 3.05) is 37.2 Å². The Hall–Kier alpha value is -2.82. The van der Waals surface area contributed by atoms with Gasteiger partial charge in [0.25, 0.3) is 5.91 Å². The minimum Gasteiger partial charge on any atom is -0.506 e. The summed E-state index contributed by atoms with van der Waals surface area (Å²) in [7, 11) is -3.54. The van der Waals surface area contributed by atoms with Gasteiger partial charge in [-0.25, -0.2) is 8.42 Å². The second kappa shape index (κ2) is 13.0. The molecule has 2 aromatic rings. The third kappa shape index (κ3) is 8.58. The largest absolute Gasteiger partial charge is 0.506 e. The first kappa shape index (κ1) is 29.2. The maximum atomic E-state index is 12.8. The predicted octanol–water partition coefficient (Wildman–Crippen LogP) is 3.69. The minimum atomic E-state index is -3.54. The van der Waals surface area contributed by atoms with Crippen molar-refractivity contribution in [3.05, 3.63) is 53.6 Å². The first-order valence-corrected chi connectivity index (χ1v) is 15.7. The number of phenolic OH excluding ortho intramolecular Hbond substituents is 1. The van der Waals surface area contributed by atoms with Crippen LogP contribution in [0.2, 0.25) is 0 Å². The van der Waals surface area contributed by atoms with Crippen LogP contribution in [0.3, 0.4) is 0 Å². The average molecular weight is 560 g/mol. The number of hydrogen-bond donors (Lipinski definition) is 4. The zero-order valence-electron chi connectivity index (χ0n) is 22.8. The molecule has 1 aliphatic heterocycles. The number of carbonyl (C=O) groups excluding carboxylic acids is 1. The Bertz CT molecular complexity index is 1200. The lowest BCUT2D eigenvalue weighted by Gasteiger charge is -2.31. The molecule has 2 aromatic carbocycles. The van der Waals surface area contributed by atoms with Gasteiger partial charge in [-0.1, -0.05) is 19.1 Å². The fourth-order valence-electron chi connectivity index (χ4n) is 5.36. The summed E-state index contributed by atoms with van der Waals surface area (Å²) in [5.74, 6) is 1.45. The maximum Gasteiger partial charge on any atom is 0.253 e. The summed E-state index contributed by atoms with van der Waals surface area (Å²) >= 11 is 0. The van der Waals surface area contributed by atoms with E-state index in [9.17, 15) is 23.4 Å². The number of benzene rings is 2. The molecule has 1 heterocycles. The van der Waals surface area contributed by atoms with Gasteiger partial charge in [-0.05, 0) is 80.2 Å². The van der Waals surface area contributed by atoms with Crippen molar-refractivity contribution in [3.63, 3.8) is 0 Å². The number of carbonyl (C=O) groups is 1. The lowest BCUT2D eigenvalue weighted by Crippen LogP contribution is -2.39. The number of piperidine rings is 1. The van der Waals surface area contributed by atoms with Gasteiger partial charge in [0.05, 0.1) is 11.9 Å². The van der Waals surface area contributed by atoms with Gasteiger partial charge in [-0.3, -0.25) is 9.52 Å². The summed E-state index contributed by atoms with van der Waals surface area (Å²) in [5, 5.41) is 23.6. The van der Waals surface area contributed by atoms with Gasteiger partial charge >= 0.3 is 0 Å². The molecule has 9 nitrogen and oxygen atoms in total. The molecule has 2 aliphatic rings. The number of rotatable bonds is 10. The van der Waals surface area contributed by atoms with E-state index in [0.29, 0.717) is 30.2 Å². The van der Waals surface area contributed by atoms with Crippen molar-refractivity contribution >= 4 is 21.6 Å². The number of nitrogens with zero attached hydrogens (tertiary/aromatic N) is 1. The van der Waals surface area contributed by atoms with E-state index in [1.165, 1.54) is 23.8 Å². The van der Waals surface area contributed by atoms with Gasteiger partial charge < -0.3 is 25.2 Å². The lowest BCUT2D eigenvalue weighted by atomic mass is 9.81. The number of sulfonamides is 1. The quantitative estimate of drug-likeness (QED) is 0.327. The van der Waals surface area contributed by atoms with Gasteiger partial charge in [-0.2, -0.15) is 0 Å². The van der Waals surface area contributed by atoms with E-state index in [4.69, 9.17) is 4.74 Å². The minimum absolute atomic E-state index is 0.0253. The maximum absolute atomic E-state index is 12.8. The van der Waals surface area contributed by atoms with Crippen molar-refractivity contribution in [1.82, 2.24) is 10.2 Å². The molecule has 1 saturated heterocycles. The van der Waals surface area contributed by atoms with Gasteiger partial charge in [0.2, 0.25) is 10.0 Å². The van der Waals surface area contributed by atoms with E-state index in [1.54, 1.807) is 0 Å². The van der Waals surface area contributed by atoms with Gasteiger partial charge in [0.1, 0.15) is 24.2 Å². The van der Waals surface area contributed by atoms with E-state index in [-0.39, 0.29) is 24.0 Å². The van der Waals surface area contributed by atoms with Crippen LogP contribution in [0.25, 0.3) is 0 Å². The number of hydrogen-bond acceptors (Lipinski definition) is 7. The Labute approximate surface area is 231 Å². The Morgan fingerprint density at radius 3 is 2.36 bits per heavy atom. The zero-order chi connectivity index (χ0) is 28.0. The lowest BCUT2D eigenvalue weighted by molar-refractivity contribution is 0.0697. The molecular weight excluding hydrogens is 518 g/mol. The molecule has 0 radical (unpaired) electrons. The number of nitrogens with one attached hydrogen (secondary N) is 2. The topological polar surface area (TPSA) is 128 Å². The summed E-state index contributed by atoms with van der Waals surface area (Å²) in [5.41, 5.74) is 2.08. The van der Waals surface area contributed by atoms with Crippen LogP contribution in [0.4, 0.5) is 5.69 Å². The second-order valence-corrected chi connectivity index (χ2v) is 12.8. The normalized spacial score (nSPS) is 21.4. The van der Waals surface area contributed by atoms with Gasteiger partial charge in [0, 0.05) is 37.3 Å². The van der Waals surface area contributed by atoms with Crippen LogP contribution in [0.5, 0.6) is 11.5 Å². The summed E-state index contributed by atoms with van der Waals surface area (Å²) in [6, 6.07) is 12.7. The van der Waals surface area contributed by atoms with Crippen LogP contribution in [-0.2, 0) is 10.0 Å². The summed E-state index contributed by atoms with van der Waals surface area (Å²) in [6.45, 7) is 4.36. The standard InChI is InChI=1S/C29H41N3O6S/c1-20-13-15-32(16-14-20)29(35)23-5-3-21(4-6-23)22-7-9-24(10-8-22)30-18-25(33)19-38-26-11-12-28(34)27(17-26)31-39(2,36)37/h3-6,11-12,17,20,22,24-25,30-31,33-34H,7-10,13-16,18-19H2,1-2H3/t22?,24?,25-/m1/s1. The predicted molar refractivity (Wildman–Crippen MR) is 152 cm³/mol. The first-order chi connectivity index (χ1) is 18.6. The molecule has 1 atom stereocenters. The van der Waals surface area contributed by atoms with Gasteiger partial charge in [-0.15, -0.1) is 0 Å². The molecule has 214 valence electrons. The SMILES string of the molecule is CC1CCN(C(=O)c2ccc(C3CCC(NC[C@@H](O)COc4ccc(O)c(NS(C)(=O)=O)c4)CC3)cc2)CC1. The molecule has 0 unspecified atom stereocenters. The smallest absolute Gasteiger partial charge is 0.253 e. The molecule has 1 amide bonds. The van der Waals surface area contributed by atoms with Crippen LogP contribution < -0.4 is 14.8 Å². The van der Waals surface area contributed by atoms with E-state index < -0.39 is 16.1 Å². The fraction of sp³-hybridized carbons (Fsp3) is 0.552. The molecule has 4 rings (SSSR count). The highest BCUT2D eigenvalue weighted by Gasteiger charge is 2.24. The van der Waals surface area contributed by atoms with Crippen molar-refractivity contribution in [2.24, 2.45) is 5.92 Å². The molecular formula is C29H41N3O6S. The monoisotopic (exact) mass is 559 g/mol. The third-order valence-corrected chi connectivity index (χ3v) is 8.37. The molecule has 2 fully saturated rings. The van der Waals surface area contributed by atoms with Crippen LogP contribution in [-0.4, -0.2) is 74.1 Å². The number of likely N-dealkylation sites (tertiary alicyclic amines) is 1. The van der Waals surface area contributed by atoms with Crippen LogP contribution in [0.1, 0.15) is 67.3 Å². The summed E-state index contributed by atoms with van der Waals surface area (Å²) in [6.07, 6.45) is 6.52. The number of anilines is 1. The first-order valence-electron chi connectivity index (χ1n) is 13.8. The summed E-state index contributed by atoms with van der Waals surface area (Å²) in [4.78, 5) is 14.8. The van der Waals surface area contributed by atoms with E-state index >= 15 is 0 Å². The average Bonchev–Trinajstić information content (AvgIpc) is 2.92. The van der Waals surface area contributed by atoms with Crippen molar-refractivity contribution < 1.29 is 28.2 Å². The second-order valence-electron chi connectivity index (χ2n) is 11.1. The highest BCUT2D eigenvalue weighted by molar-refractivity contribution is 7.92. The van der Waals surface area contributed by atoms with E-state index in [1.807, 2.05) is 17.0 Å². The third-order valence-electron chi connectivity index (χ3n) is 7.77. The molecule has 1 aliphatic carbocycles. The molecule has 39 heavy (non-hydrogen) atoms. The Morgan fingerprint density at radius 1 is 1.05 bits per heavy atom. The highest BCUT2D eigenvalue weighted by Crippen LogP contribution is 2.33. The number of phenols is 1. The van der Waals surface area contributed by atoms with Crippen LogP contribution in [0, 0.1) is 5.92 Å². The van der Waals surface area contributed by atoms with Crippen LogP contribution >= 0.6 is 0 Å². The molecule has 0 bridgehead atoms. The molecule has 1 saturated carbocycles. The van der Waals surface area contributed by atoms with Crippen molar-refractivity contribution in [1.29, 1.82) is 0 Å². The Morgan fingerprint density at radius 2 is 1.72 bits per heavy atom. The Balaban J connectivity index is 1.18. The van der Waals surface area contributed by atoms with Crippen LogP contribution in [0.15, 0.2) is 42.5 Å². The fourth-order valence-corrected chi connectivity index (χ4v) is 5.93. The van der Waals surface area contributed by atoms with Crippen molar-refractivity contribution in [2.45, 2.75) is 63.5 Å². The highest BCUT2D eigenvalue weighted by atomic mass is 32.2. The van der Waals surface area contributed by atoms with Gasteiger partial charge in [0.15, 0.2) is 0 Å².